The van der Waals surface area contributed by atoms with E-state index in [0.717, 1.165) is 28.1 Å². The van der Waals surface area contributed by atoms with E-state index in [2.05, 4.69) is 16.3 Å². The summed E-state index contributed by atoms with van der Waals surface area (Å²) in [5, 5.41) is 11.8. The molecule has 6 nitrogen and oxygen atoms in total. The van der Waals surface area contributed by atoms with Crippen LogP contribution in [0.1, 0.15) is 27.0 Å². The van der Waals surface area contributed by atoms with Crippen molar-refractivity contribution in [1.29, 1.82) is 0 Å². The molecule has 4 rings (SSSR count). The first-order chi connectivity index (χ1) is 14.5. The Hall–Kier alpha value is -3.64. The Bertz CT molecular complexity index is 1080. The standard InChI is InChI=1S/C24H23N3O3/c1-16-5-4-6-18(13-16)14-22-24(29)25-20-7-2-3-8-21(20)27(22)15-17-9-11-19(12-10-17)23(28)26-30/h2-13,22,30H,14-15H2,1H3,(H,25,29)(H,26,28)/t22-/m1/s1. The minimum absolute atomic E-state index is 0.0357. The predicted octanol–water partition coefficient (Wildman–Crippen LogP) is 3.68. The summed E-state index contributed by atoms with van der Waals surface area (Å²) in [5.41, 5.74) is 6.99. The van der Waals surface area contributed by atoms with Crippen molar-refractivity contribution in [3.8, 4) is 0 Å². The average molecular weight is 401 g/mol. The van der Waals surface area contributed by atoms with E-state index < -0.39 is 5.91 Å². The number of hydrogen-bond donors (Lipinski definition) is 3. The Morgan fingerprint density at radius 3 is 2.53 bits per heavy atom. The molecule has 1 atom stereocenters. The Kier molecular flexibility index (Phi) is 5.50. The van der Waals surface area contributed by atoms with Crippen molar-refractivity contribution in [3.05, 3.63) is 95.1 Å². The van der Waals surface area contributed by atoms with Crippen molar-refractivity contribution in [2.24, 2.45) is 0 Å². The second-order valence-corrected chi connectivity index (χ2v) is 7.48. The number of anilines is 2. The van der Waals surface area contributed by atoms with Gasteiger partial charge in [0.2, 0.25) is 5.91 Å². The average Bonchev–Trinajstić information content (AvgIpc) is 2.76. The fraction of sp³-hybridized carbons (Fsp3) is 0.167. The van der Waals surface area contributed by atoms with E-state index in [1.165, 1.54) is 0 Å². The molecule has 0 saturated heterocycles. The molecule has 0 aliphatic carbocycles. The van der Waals surface area contributed by atoms with Gasteiger partial charge < -0.3 is 10.2 Å². The summed E-state index contributed by atoms with van der Waals surface area (Å²) in [7, 11) is 0. The van der Waals surface area contributed by atoms with Gasteiger partial charge in [0, 0.05) is 18.5 Å². The van der Waals surface area contributed by atoms with Crippen LogP contribution in [0.25, 0.3) is 0 Å². The zero-order chi connectivity index (χ0) is 21.1. The van der Waals surface area contributed by atoms with Crippen LogP contribution >= 0.6 is 0 Å². The number of amides is 2. The lowest BCUT2D eigenvalue weighted by Gasteiger charge is -2.38. The van der Waals surface area contributed by atoms with Gasteiger partial charge in [-0.2, -0.15) is 0 Å². The van der Waals surface area contributed by atoms with Crippen LogP contribution < -0.4 is 15.7 Å². The SMILES string of the molecule is Cc1cccc(C[C@@H]2C(=O)Nc3ccccc3N2Cc2ccc(C(=O)NO)cc2)c1. The third-order valence-corrected chi connectivity index (χ3v) is 5.33. The van der Waals surface area contributed by atoms with Gasteiger partial charge in [0.05, 0.1) is 11.4 Å². The Morgan fingerprint density at radius 1 is 1.03 bits per heavy atom. The lowest BCUT2D eigenvalue weighted by atomic mass is 9.98. The van der Waals surface area contributed by atoms with Gasteiger partial charge in [0.1, 0.15) is 6.04 Å². The van der Waals surface area contributed by atoms with Crippen LogP contribution in [-0.2, 0) is 17.8 Å². The molecule has 0 aromatic heterocycles. The molecular formula is C24H23N3O3. The third-order valence-electron chi connectivity index (χ3n) is 5.33. The van der Waals surface area contributed by atoms with Crippen LogP contribution in [0.4, 0.5) is 11.4 Å². The van der Waals surface area contributed by atoms with Crippen LogP contribution in [0.2, 0.25) is 0 Å². The minimum Gasteiger partial charge on any atom is -0.353 e. The molecular weight excluding hydrogens is 378 g/mol. The molecule has 6 heteroatoms. The zero-order valence-corrected chi connectivity index (χ0v) is 16.6. The molecule has 0 fully saturated rings. The lowest BCUT2D eigenvalue weighted by Crippen LogP contribution is -2.49. The summed E-state index contributed by atoms with van der Waals surface area (Å²) in [6, 6.07) is 22.6. The van der Waals surface area contributed by atoms with Crippen molar-refractivity contribution >= 4 is 23.2 Å². The highest BCUT2D eigenvalue weighted by Crippen LogP contribution is 2.34. The first-order valence-electron chi connectivity index (χ1n) is 9.80. The largest absolute Gasteiger partial charge is 0.353 e. The first-order valence-corrected chi connectivity index (χ1v) is 9.80. The fourth-order valence-corrected chi connectivity index (χ4v) is 3.84. The summed E-state index contributed by atoms with van der Waals surface area (Å²) in [5.74, 6) is -0.590. The number of hydroxylamine groups is 1. The van der Waals surface area contributed by atoms with Crippen LogP contribution in [0.5, 0.6) is 0 Å². The van der Waals surface area contributed by atoms with E-state index in [4.69, 9.17) is 5.21 Å². The second-order valence-electron chi connectivity index (χ2n) is 7.48. The number of carbonyl (C=O) groups is 2. The van der Waals surface area contributed by atoms with Crippen molar-refractivity contribution < 1.29 is 14.8 Å². The maximum absolute atomic E-state index is 13.0. The van der Waals surface area contributed by atoms with Gasteiger partial charge in [-0.25, -0.2) is 5.48 Å². The number of nitrogens with zero attached hydrogens (tertiary/aromatic N) is 1. The van der Waals surface area contributed by atoms with Gasteiger partial charge >= 0.3 is 0 Å². The molecule has 2 amide bonds. The monoisotopic (exact) mass is 401 g/mol. The van der Waals surface area contributed by atoms with Gasteiger partial charge in [0.15, 0.2) is 0 Å². The molecule has 0 unspecified atom stereocenters. The van der Waals surface area contributed by atoms with E-state index in [0.29, 0.717) is 18.5 Å². The lowest BCUT2D eigenvalue weighted by molar-refractivity contribution is -0.117. The topological polar surface area (TPSA) is 81.7 Å². The molecule has 152 valence electrons. The maximum atomic E-state index is 13.0. The normalized spacial score (nSPS) is 15.3. The second kappa shape index (κ2) is 8.39. The van der Waals surface area contributed by atoms with Gasteiger partial charge in [-0.1, -0.05) is 54.1 Å². The highest BCUT2D eigenvalue weighted by Gasteiger charge is 2.32. The van der Waals surface area contributed by atoms with E-state index in [9.17, 15) is 9.59 Å². The van der Waals surface area contributed by atoms with Crippen LogP contribution in [-0.4, -0.2) is 23.1 Å². The molecule has 1 aliphatic heterocycles. The smallest absolute Gasteiger partial charge is 0.274 e. The quantitative estimate of drug-likeness (QED) is 0.450. The van der Waals surface area contributed by atoms with Crippen LogP contribution in [0.15, 0.2) is 72.8 Å². The van der Waals surface area contributed by atoms with E-state index in [1.807, 2.05) is 61.5 Å². The first kappa shape index (κ1) is 19.7. The Morgan fingerprint density at radius 2 is 1.80 bits per heavy atom. The molecule has 3 aromatic carbocycles. The molecule has 30 heavy (non-hydrogen) atoms. The highest BCUT2D eigenvalue weighted by atomic mass is 16.5. The number of aryl methyl sites for hydroxylation is 1. The molecule has 3 N–H and O–H groups in total. The van der Waals surface area contributed by atoms with Gasteiger partial charge in [-0.05, 0) is 42.3 Å². The van der Waals surface area contributed by atoms with E-state index in [1.54, 1.807) is 17.6 Å². The van der Waals surface area contributed by atoms with Gasteiger partial charge in [-0.15, -0.1) is 0 Å². The van der Waals surface area contributed by atoms with Crippen LogP contribution in [0, 0.1) is 6.92 Å². The number of nitrogens with one attached hydrogen (secondary N) is 2. The fourth-order valence-electron chi connectivity index (χ4n) is 3.84. The van der Waals surface area contributed by atoms with Crippen molar-refractivity contribution in [3.63, 3.8) is 0 Å². The third kappa shape index (κ3) is 4.04. The summed E-state index contributed by atoms with van der Waals surface area (Å²) in [6.45, 7) is 2.56. The maximum Gasteiger partial charge on any atom is 0.274 e. The van der Waals surface area contributed by atoms with E-state index in [-0.39, 0.29) is 11.9 Å². The summed E-state index contributed by atoms with van der Waals surface area (Å²) >= 11 is 0. The van der Waals surface area contributed by atoms with Crippen molar-refractivity contribution in [1.82, 2.24) is 5.48 Å². The number of hydrogen-bond acceptors (Lipinski definition) is 4. The Balaban J connectivity index is 1.66. The summed E-state index contributed by atoms with van der Waals surface area (Å²) in [6.07, 6.45) is 0.590. The highest BCUT2D eigenvalue weighted by molar-refractivity contribution is 6.03. The molecule has 3 aromatic rings. The summed E-state index contributed by atoms with van der Waals surface area (Å²) < 4.78 is 0. The van der Waals surface area contributed by atoms with Crippen molar-refractivity contribution in [2.45, 2.75) is 25.9 Å². The molecule has 1 heterocycles. The minimum atomic E-state index is -0.554. The van der Waals surface area contributed by atoms with Crippen molar-refractivity contribution in [2.75, 3.05) is 10.2 Å². The Labute approximate surface area is 175 Å². The van der Waals surface area contributed by atoms with Gasteiger partial charge in [-0.3, -0.25) is 14.8 Å². The molecule has 0 saturated carbocycles. The number of para-hydroxylation sites is 2. The molecule has 0 radical (unpaired) electrons. The zero-order valence-electron chi connectivity index (χ0n) is 16.6. The molecule has 0 bridgehead atoms. The van der Waals surface area contributed by atoms with Crippen LogP contribution in [0.3, 0.4) is 0 Å². The number of fused-ring (bicyclic) bond motifs is 1. The summed E-state index contributed by atoms with van der Waals surface area (Å²) in [4.78, 5) is 26.7. The molecule has 0 spiro atoms. The number of rotatable bonds is 5. The number of benzene rings is 3. The molecule has 1 aliphatic rings. The van der Waals surface area contributed by atoms with Gasteiger partial charge in [0.25, 0.3) is 5.91 Å². The van der Waals surface area contributed by atoms with E-state index >= 15 is 0 Å². The number of carbonyl (C=O) groups excluding carboxylic acids is 2. The predicted molar refractivity (Wildman–Crippen MR) is 116 cm³/mol.